The lowest BCUT2D eigenvalue weighted by atomic mass is 10.0. The molecule has 1 saturated heterocycles. The Morgan fingerprint density at radius 3 is 2.73 bits per heavy atom. The standard InChI is InChI=1S/C24H22FN5O3/c1-15-22-19(13-20(28-24(22)33-29-15)17-2-4-18(25)5-3-17)23(31)27-14-16-6-7-26-21(12-16)30-8-10-32-11-9-30/h2-7,12-13H,8-11,14H2,1H3,(H,27,31). The van der Waals surface area contributed by atoms with Crippen molar-refractivity contribution in [2.75, 3.05) is 31.2 Å². The number of nitrogens with one attached hydrogen (secondary N) is 1. The number of benzene rings is 1. The predicted molar refractivity (Wildman–Crippen MR) is 120 cm³/mol. The van der Waals surface area contributed by atoms with Crippen molar-refractivity contribution in [3.63, 3.8) is 0 Å². The Morgan fingerprint density at radius 2 is 1.94 bits per heavy atom. The van der Waals surface area contributed by atoms with E-state index in [0.29, 0.717) is 47.7 Å². The van der Waals surface area contributed by atoms with E-state index in [1.165, 1.54) is 12.1 Å². The number of rotatable bonds is 5. The van der Waals surface area contributed by atoms with E-state index >= 15 is 0 Å². The molecule has 33 heavy (non-hydrogen) atoms. The van der Waals surface area contributed by atoms with E-state index in [1.807, 2.05) is 12.1 Å². The predicted octanol–water partition coefficient (Wildman–Crippen LogP) is 3.50. The first-order valence-electron chi connectivity index (χ1n) is 10.7. The quantitative estimate of drug-likeness (QED) is 0.500. The highest BCUT2D eigenvalue weighted by molar-refractivity contribution is 6.06. The SMILES string of the molecule is Cc1noc2nc(-c3ccc(F)cc3)cc(C(=O)NCc3ccnc(N4CCOCC4)c3)c12. The van der Waals surface area contributed by atoms with Gasteiger partial charge in [-0.2, -0.15) is 0 Å². The van der Waals surface area contributed by atoms with E-state index in [4.69, 9.17) is 9.26 Å². The summed E-state index contributed by atoms with van der Waals surface area (Å²) in [7, 11) is 0. The second-order valence-electron chi connectivity index (χ2n) is 7.81. The van der Waals surface area contributed by atoms with E-state index in [9.17, 15) is 9.18 Å². The fraction of sp³-hybridized carbons (Fsp3) is 0.250. The van der Waals surface area contributed by atoms with Crippen LogP contribution in [0.15, 0.2) is 53.2 Å². The lowest BCUT2D eigenvalue weighted by Gasteiger charge is -2.28. The monoisotopic (exact) mass is 447 g/mol. The average Bonchev–Trinajstić information content (AvgIpc) is 3.24. The number of anilines is 1. The molecule has 1 aromatic carbocycles. The largest absolute Gasteiger partial charge is 0.378 e. The van der Waals surface area contributed by atoms with Crippen molar-refractivity contribution in [2.24, 2.45) is 0 Å². The number of carbonyl (C=O) groups is 1. The third kappa shape index (κ3) is 4.40. The number of fused-ring (bicyclic) bond motifs is 1. The van der Waals surface area contributed by atoms with E-state index in [1.54, 1.807) is 31.3 Å². The summed E-state index contributed by atoms with van der Waals surface area (Å²) in [6.45, 7) is 5.02. The van der Waals surface area contributed by atoms with Gasteiger partial charge in [0.15, 0.2) is 0 Å². The Hall–Kier alpha value is -3.85. The van der Waals surface area contributed by atoms with Crippen molar-refractivity contribution in [2.45, 2.75) is 13.5 Å². The van der Waals surface area contributed by atoms with Gasteiger partial charge >= 0.3 is 0 Å². The number of hydrogen-bond donors (Lipinski definition) is 1. The van der Waals surface area contributed by atoms with Gasteiger partial charge in [-0.25, -0.2) is 14.4 Å². The van der Waals surface area contributed by atoms with Gasteiger partial charge in [-0.05, 0) is 55.0 Å². The number of amides is 1. The molecule has 0 aliphatic carbocycles. The number of morpholine rings is 1. The molecular weight excluding hydrogens is 425 g/mol. The molecule has 0 spiro atoms. The van der Waals surface area contributed by atoms with Gasteiger partial charge in [0.1, 0.15) is 11.6 Å². The van der Waals surface area contributed by atoms with Crippen LogP contribution in [0, 0.1) is 12.7 Å². The highest BCUT2D eigenvalue weighted by atomic mass is 19.1. The molecule has 4 heterocycles. The first kappa shape index (κ1) is 21.0. The van der Waals surface area contributed by atoms with Crippen LogP contribution in [0.2, 0.25) is 0 Å². The molecule has 9 heteroatoms. The van der Waals surface area contributed by atoms with Crippen molar-refractivity contribution in [1.82, 2.24) is 20.4 Å². The Morgan fingerprint density at radius 1 is 1.15 bits per heavy atom. The van der Waals surface area contributed by atoms with Crippen molar-refractivity contribution in [3.8, 4) is 11.3 Å². The fourth-order valence-corrected chi connectivity index (χ4v) is 3.86. The molecule has 0 bridgehead atoms. The van der Waals surface area contributed by atoms with E-state index in [2.05, 4.69) is 25.3 Å². The minimum atomic E-state index is -0.345. The van der Waals surface area contributed by atoms with Gasteiger partial charge in [0, 0.05) is 31.4 Å². The number of carbonyl (C=O) groups excluding carboxylic acids is 1. The maximum absolute atomic E-state index is 13.3. The number of aryl methyl sites for hydroxylation is 1. The molecule has 1 aliphatic rings. The molecule has 5 rings (SSSR count). The molecule has 0 atom stereocenters. The van der Waals surface area contributed by atoms with Gasteiger partial charge in [0.2, 0.25) is 0 Å². The lowest BCUT2D eigenvalue weighted by Crippen LogP contribution is -2.36. The minimum absolute atomic E-state index is 0.262. The molecule has 3 aromatic heterocycles. The zero-order valence-corrected chi connectivity index (χ0v) is 18.0. The van der Waals surface area contributed by atoms with Gasteiger partial charge < -0.3 is 19.5 Å². The smallest absolute Gasteiger partial charge is 0.259 e. The minimum Gasteiger partial charge on any atom is -0.378 e. The summed E-state index contributed by atoms with van der Waals surface area (Å²) in [5, 5.41) is 7.50. The third-order valence-corrected chi connectivity index (χ3v) is 5.60. The molecule has 1 fully saturated rings. The van der Waals surface area contributed by atoms with Crippen LogP contribution in [-0.2, 0) is 11.3 Å². The van der Waals surface area contributed by atoms with Crippen LogP contribution in [0.1, 0.15) is 21.6 Å². The van der Waals surface area contributed by atoms with Crippen LogP contribution in [0.3, 0.4) is 0 Å². The third-order valence-electron chi connectivity index (χ3n) is 5.60. The van der Waals surface area contributed by atoms with Crippen molar-refractivity contribution in [3.05, 3.63) is 71.3 Å². The Balaban J connectivity index is 1.40. The summed E-state index contributed by atoms with van der Waals surface area (Å²) in [5.74, 6) is 0.244. The topological polar surface area (TPSA) is 93.4 Å². The molecule has 8 nitrogen and oxygen atoms in total. The van der Waals surface area contributed by atoms with Gasteiger partial charge in [0.05, 0.1) is 35.6 Å². The summed E-state index contributed by atoms with van der Waals surface area (Å²) in [5.41, 5.74) is 3.35. The molecule has 0 saturated carbocycles. The maximum atomic E-state index is 13.3. The number of halogens is 1. The number of nitrogens with zero attached hydrogens (tertiary/aromatic N) is 4. The van der Waals surface area contributed by atoms with Crippen LogP contribution >= 0.6 is 0 Å². The fourth-order valence-electron chi connectivity index (χ4n) is 3.86. The number of ether oxygens (including phenoxy) is 1. The summed E-state index contributed by atoms with van der Waals surface area (Å²) in [6.07, 6.45) is 1.74. The average molecular weight is 447 g/mol. The first-order chi connectivity index (χ1) is 16.1. The maximum Gasteiger partial charge on any atom is 0.259 e. The molecule has 1 amide bonds. The summed E-state index contributed by atoms with van der Waals surface area (Å²) >= 11 is 0. The summed E-state index contributed by atoms with van der Waals surface area (Å²) in [6, 6.07) is 11.4. The summed E-state index contributed by atoms with van der Waals surface area (Å²) in [4.78, 5) is 24.3. The molecule has 1 N–H and O–H groups in total. The van der Waals surface area contributed by atoms with Crippen LogP contribution < -0.4 is 10.2 Å². The number of pyridine rings is 2. The van der Waals surface area contributed by atoms with Gasteiger partial charge in [-0.3, -0.25) is 4.79 Å². The highest BCUT2D eigenvalue weighted by Gasteiger charge is 2.20. The molecular formula is C24H22FN5O3. The zero-order chi connectivity index (χ0) is 22.8. The second kappa shape index (κ2) is 8.95. The van der Waals surface area contributed by atoms with E-state index in [-0.39, 0.29) is 17.4 Å². The van der Waals surface area contributed by atoms with Crippen molar-refractivity contribution < 1.29 is 18.4 Å². The van der Waals surface area contributed by atoms with Gasteiger partial charge in [-0.1, -0.05) is 5.16 Å². The lowest BCUT2D eigenvalue weighted by molar-refractivity contribution is 0.0952. The second-order valence-corrected chi connectivity index (χ2v) is 7.81. The van der Waals surface area contributed by atoms with Crippen molar-refractivity contribution >= 4 is 22.8 Å². The molecule has 0 radical (unpaired) electrons. The zero-order valence-electron chi connectivity index (χ0n) is 18.0. The number of hydrogen-bond acceptors (Lipinski definition) is 7. The molecule has 168 valence electrons. The van der Waals surface area contributed by atoms with E-state index < -0.39 is 0 Å². The summed E-state index contributed by atoms with van der Waals surface area (Å²) < 4.78 is 24.1. The highest BCUT2D eigenvalue weighted by Crippen LogP contribution is 2.27. The Labute approximate surface area is 189 Å². The molecule has 0 unspecified atom stereocenters. The van der Waals surface area contributed by atoms with Crippen LogP contribution in [0.25, 0.3) is 22.4 Å². The normalized spacial score (nSPS) is 13.9. The van der Waals surface area contributed by atoms with Crippen LogP contribution in [0.5, 0.6) is 0 Å². The van der Waals surface area contributed by atoms with Crippen LogP contribution in [0.4, 0.5) is 10.2 Å². The van der Waals surface area contributed by atoms with Crippen LogP contribution in [-0.4, -0.2) is 47.3 Å². The molecule has 4 aromatic rings. The Kier molecular flexibility index (Phi) is 5.70. The molecule has 1 aliphatic heterocycles. The number of aromatic nitrogens is 3. The van der Waals surface area contributed by atoms with Crippen molar-refractivity contribution in [1.29, 1.82) is 0 Å². The van der Waals surface area contributed by atoms with E-state index in [0.717, 1.165) is 24.5 Å². The van der Waals surface area contributed by atoms with Gasteiger partial charge in [-0.15, -0.1) is 0 Å². The first-order valence-corrected chi connectivity index (χ1v) is 10.7. The Bertz CT molecular complexity index is 1300. The van der Waals surface area contributed by atoms with Gasteiger partial charge in [0.25, 0.3) is 11.6 Å².